The summed E-state index contributed by atoms with van der Waals surface area (Å²) in [4.78, 5) is 119. The number of carbonyl (C=O) groups excluding carboxylic acids is 6. The summed E-state index contributed by atoms with van der Waals surface area (Å²) < 4.78 is 21.5. The zero-order chi connectivity index (χ0) is 55.8. The third-order valence-corrected chi connectivity index (χ3v) is 16.5. The second-order valence-electron chi connectivity index (χ2n) is 20.7. The van der Waals surface area contributed by atoms with Gasteiger partial charge in [-0.15, -0.1) is 0 Å². The molecule has 0 saturated carbocycles. The van der Waals surface area contributed by atoms with Crippen molar-refractivity contribution in [3.8, 4) is 0 Å². The second-order valence-corrected chi connectivity index (χ2v) is 20.7. The Morgan fingerprint density at radius 1 is 0.474 bits per heavy atom. The first kappa shape index (κ1) is 57.0. The van der Waals surface area contributed by atoms with Gasteiger partial charge >= 0.3 is 23.9 Å². The number of carbonyl (C=O) groups is 6. The lowest BCUT2D eigenvalue weighted by atomic mass is 9.54. The van der Waals surface area contributed by atoms with Crippen LogP contribution in [0.25, 0.3) is 0 Å². The average molecular weight is 1070 g/mol. The van der Waals surface area contributed by atoms with Gasteiger partial charge in [0.1, 0.15) is 21.7 Å². The molecule has 4 bridgehead atoms. The molecule has 4 aliphatic heterocycles. The minimum absolute atomic E-state index is 0.116. The van der Waals surface area contributed by atoms with Crippen molar-refractivity contribution in [1.82, 2.24) is 49.4 Å². The van der Waals surface area contributed by atoms with Crippen LogP contribution < -0.4 is 0 Å². The topological polar surface area (TPSA) is 220 Å². The molecule has 412 valence electrons. The van der Waals surface area contributed by atoms with Crippen LogP contribution in [0.5, 0.6) is 0 Å². The van der Waals surface area contributed by atoms with E-state index in [1.807, 2.05) is 92.6 Å². The Morgan fingerprint density at radius 2 is 0.769 bits per heavy atom. The standard InChI is InChI=1S/C30H33N5O5.C28H37N5O5/c1-34-24(22-11-5-8-16-32-22)29(27(37)39-2)13-18-35(20-21-10-4-7-15-31-21)19-14-30(26(29)36,28(38)40-3)25(34)23-12-6-9-17-33-23;1-31(2)18-19-33-16-12-27(25(35)37-4)22(20-10-6-8-14-29-20)32(3)23(21-11-7-9-15-30-21)28(13-17-33,24(27)34)26(36)38-5/h4-12,15-17,24-25H,13-14,18-20H2,1-3H3;6-11,14-15,22-23H,12-13,16-19H2,1-5H3. The number of pyridine rings is 5. The Balaban J connectivity index is 0.000000206. The lowest BCUT2D eigenvalue weighted by Gasteiger charge is -2.57. The number of nitrogens with zero attached hydrogens (tertiary/aromatic N) is 10. The number of likely N-dealkylation sites (tertiary alicyclic amines) is 4. The number of methoxy groups -OCH3 is 4. The Bertz CT molecular complexity index is 2730. The van der Waals surface area contributed by atoms with Gasteiger partial charge in [0.25, 0.3) is 0 Å². The number of ketones is 2. The summed E-state index contributed by atoms with van der Waals surface area (Å²) in [6.45, 7) is 3.77. The number of fused-ring (bicyclic) bond motifs is 4. The van der Waals surface area contributed by atoms with Crippen molar-refractivity contribution in [2.24, 2.45) is 21.7 Å². The first-order valence-electron chi connectivity index (χ1n) is 26.1. The van der Waals surface area contributed by atoms with E-state index < -0.39 is 81.3 Å². The van der Waals surface area contributed by atoms with E-state index in [2.05, 4.69) is 39.6 Å². The van der Waals surface area contributed by atoms with Crippen LogP contribution in [0, 0.1) is 21.7 Å². The van der Waals surface area contributed by atoms with Crippen LogP contribution in [0.2, 0.25) is 0 Å². The average Bonchev–Trinajstić information content (AvgIpc) is 3.57. The van der Waals surface area contributed by atoms with E-state index >= 15 is 9.59 Å². The molecule has 0 N–H and O–H groups in total. The highest BCUT2D eigenvalue weighted by Crippen LogP contribution is 2.62. The van der Waals surface area contributed by atoms with E-state index in [0.29, 0.717) is 62.0 Å². The summed E-state index contributed by atoms with van der Waals surface area (Å²) in [5.41, 5.74) is -3.84. The highest BCUT2D eigenvalue weighted by molar-refractivity contribution is 6.17. The minimum atomic E-state index is -1.74. The van der Waals surface area contributed by atoms with E-state index in [9.17, 15) is 19.2 Å². The molecule has 0 radical (unpaired) electrons. The van der Waals surface area contributed by atoms with E-state index in [1.165, 1.54) is 28.4 Å². The second kappa shape index (κ2) is 24.2. The summed E-state index contributed by atoms with van der Waals surface area (Å²) >= 11 is 0. The van der Waals surface area contributed by atoms with Crippen molar-refractivity contribution in [3.05, 3.63) is 150 Å². The molecule has 20 heteroatoms. The van der Waals surface area contributed by atoms with Crippen LogP contribution in [0.1, 0.15) is 78.3 Å². The Labute approximate surface area is 455 Å². The monoisotopic (exact) mass is 1070 g/mol. The summed E-state index contributed by atoms with van der Waals surface area (Å²) in [6.07, 6.45) is 8.85. The SMILES string of the molecule is COC(=O)C12CCN(CCN(C)C)CCC(C(=O)OC)(C1=O)C(c1ccccn1)N(C)C2c1ccccn1.COC(=O)C12CCN(Cc3ccccn3)CCC(C(=O)OC)(C1=O)C(c1ccccn1)N(C)C2c1ccccn1. The zero-order valence-corrected chi connectivity index (χ0v) is 45.7. The van der Waals surface area contributed by atoms with Crippen molar-refractivity contribution < 1.29 is 47.7 Å². The van der Waals surface area contributed by atoms with Crippen LogP contribution in [-0.4, -0.2) is 181 Å². The van der Waals surface area contributed by atoms with Gasteiger partial charge in [-0.2, -0.15) is 0 Å². The number of esters is 4. The molecule has 5 aromatic rings. The number of hydrogen-bond donors (Lipinski definition) is 0. The van der Waals surface area contributed by atoms with Crippen molar-refractivity contribution >= 4 is 35.4 Å². The van der Waals surface area contributed by atoms with Gasteiger partial charge in [0, 0.05) is 63.7 Å². The number of piperidine rings is 2. The Morgan fingerprint density at radius 3 is 1.03 bits per heavy atom. The van der Waals surface area contributed by atoms with Gasteiger partial charge < -0.3 is 28.7 Å². The lowest BCUT2D eigenvalue weighted by molar-refractivity contribution is -0.196. The van der Waals surface area contributed by atoms with Crippen molar-refractivity contribution in [1.29, 1.82) is 0 Å². The summed E-state index contributed by atoms with van der Waals surface area (Å²) in [6, 6.07) is 24.1. The predicted molar refractivity (Wildman–Crippen MR) is 284 cm³/mol. The molecule has 78 heavy (non-hydrogen) atoms. The maximum atomic E-state index is 15.1. The molecule has 8 unspecified atom stereocenters. The first-order valence-corrected chi connectivity index (χ1v) is 26.1. The van der Waals surface area contributed by atoms with Crippen molar-refractivity contribution in [2.75, 3.05) is 95.9 Å². The van der Waals surface area contributed by atoms with Crippen LogP contribution in [0.4, 0.5) is 0 Å². The van der Waals surface area contributed by atoms with Crippen LogP contribution in [0.15, 0.2) is 122 Å². The van der Waals surface area contributed by atoms with E-state index in [0.717, 1.165) is 12.2 Å². The van der Waals surface area contributed by atoms with E-state index in [1.54, 1.807) is 67.4 Å². The third kappa shape index (κ3) is 9.99. The summed E-state index contributed by atoms with van der Waals surface area (Å²) in [7, 11) is 12.7. The molecule has 8 atom stereocenters. The fraction of sp³-hybridized carbons (Fsp3) is 0.466. The van der Waals surface area contributed by atoms with Crippen LogP contribution >= 0.6 is 0 Å². The van der Waals surface area contributed by atoms with Crippen molar-refractivity contribution in [2.45, 2.75) is 56.4 Å². The number of rotatable bonds is 13. The predicted octanol–water partition coefficient (Wildman–Crippen LogP) is 4.53. The van der Waals surface area contributed by atoms with Crippen molar-refractivity contribution in [3.63, 3.8) is 0 Å². The molecule has 0 amide bonds. The lowest BCUT2D eigenvalue weighted by Crippen LogP contribution is -2.69. The molecular formula is C58H70N10O10. The molecule has 5 aromatic heterocycles. The zero-order valence-electron chi connectivity index (χ0n) is 45.7. The molecule has 4 fully saturated rings. The van der Waals surface area contributed by atoms with Crippen LogP contribution in [0.3, 0.4) is 0 Å². The van der Waals surface area contributed by atoms with E-state index in [4.69, 9.17) is 18.9 Å². The fourth-order valence-electron chi connectivity index (χ4n) is 12.9. The number of ether oxygens (including phenoxy) is 4. The maximum Gasteiger partial charge on any atom is 0.321 e. The quantitative estimate of drug-likeness (QED) is 0.0898. The molecular weight excluding hydrogens is 997 g/mol. The number of Topliss-reactive ketones (excluding diaryl/α,β-unsaturated/α-hetero) is 2. The molecule has 20 nitrogen and oxygen atoms in total. The molecule has 9 rings (SSSR count). The molecule has 9 heterocycles. The van der Waals surface area contributed by atoms with Gasteiger partial charge in [-0.25, -0.2) is 0 Å². The fourth-order valence-corrected chi connectivity index (χ4v) is 12.9. The summed E-state index contributed by atoms with van der Waals surface area (Å²) in [5, 5.41) is 0. The van der Waals surface area contributed by atoms with Gasteiger partial charge in [-0.3, -0.25) is 68.4 Å². The molecule has 4 aliphatic rings. The maximum absolute atomic E-state index is 15.1. The molecule has 0 spiro atoms. The number of likely N-dealkylation sites (N-methyl/N-ethyl adjacent to an activating group) is 1. The molecule has 0 aliphatic carbocycles. The third-order valence-electron chi connectivity index (χ3n) is 16.5. The Hall–Kier alpha value is -7.23. The smallest absolute Gasteiger partial charge is 0.321 e. The normalized spacial score (nSPS) is 27.9. The number of aromatic nitrogens is 5. The highest BCUT2D eigenvalue weighted by atomic mass is 16.5. The van der Waals surface area contributed by atoms with E-state index in [-0.39, 0.29) is 25.7 Å². The van der Waals surface area contributed by atoms with Gasteiger partial charge in [0.2, 0.25) is 0 Å². The molecule has 0 aromatic carbocycles. The van der Waals surface area contributed by atoms with Gasteiger partial charge in [-0.05, 0) is 128 Å². The molecule has 4 saturated heterocycles. The van der Waals surface area contributed by atoms with Crippen LogP contribution in [-0.2, 0) is 54.3 Å². The highest BCUT2D eigenvalue weighted by Gasteiger charge is 2.74. The van der Waals surface area contributed by atoms with Gasteiger partial charge in [0.15, 0.2) is 11.6 Å². The largest absolute Gasteiger partial charge is 0.468 e. The Kier molecular flexibility index (Phi) is 17.7. The van der Waals surface area contributed by atoms with Gasteiger partial charge in [-0.1, -0.05) is 30.3 Å². The number of hydrogen-bond acceptors (Lipinski definition) is 20. The first-order chi connectivity index (χ1) is 37.6. The van der Waals surface area contributed by atoms with Gasteiger partial charge in [0.05, 0.1) is 81.1 Å². The summed E-state index contributed by atoms with van der Waals surface area (Å²) in [5.74, 6) is -3.75. The minimum Gasteiger partial charge on any atom is -0.468 e.